The van der Waals surface area contributed by atoms with E-state index in [1.54, 1.807) is 36.4 Å². The summed E-state index contributed by atoms with van der Waals surface area (Å²) in [6.45, 7) is 3.32. The smallest absolute Gasteiger partial charge is 0.258 e. The third-order valence-electron chi connectivity index (χ3n) is 3.44. The molecule has 2 aromatic carbocycles. The lowest BCUT2D eigenvalue weighted by Crippen LogP contribution is -2.36. The van der Waals surface area contributed by atoms with E-state index in [0.717, 1.165) is 12.2 Å². The molecule has 0 fully saturated rings. The quantitative estimate of drug-likeness (QED) is 0.641. The summed E-state index contributed by atoms with van der Waals surface area (Å²) in [5.74, 6) is 0.964. The molecule has 0 aliphatic heterocycles. The van der Waals surface area contributed by atoms with Gasteiger partial charge < -0.3 is 20.1 Å². The molecule has 2 aromatic rings. The van der Waals surface area contributed by atoms with Crippen molar-refractivity contribution in [3.05, 3.63) is 60.2 Å². The summed E-state index contributed by atoms with van der Waals surface area (Å²) in [7, 11) is 0. The number of benzene rings is 2. The summed E-state index contributed by atoms with van der Waals surface area (Å²) >= 11 is 0. The summed E-state index contributed by atoms with van der Waals surface area (Å²) in [6.07, 6.45) is 0.949. The van der Waals surface area contributed by atoms with Crippen LogP contribution in [0.5, 0.6) is 11.5 Å². The lowest BCUT2D eigenvalue weighted by atomic mass is 10.2. The second kappa shape index (κ2) is 10.8. The van der Waals surface area contributed by atoms with E-state index in [-0.39, 0.29) is 18.4 Å². The first-order valence-electron chi connectivity index (χ1n) is 8.64. The van der Waals surface area contributed by atoms with E-state index in [9.17, 15) is 9.59 Å². The highest BCUT2D eigenvalue weighted by molar-refractivity contribution is 5.94. The molecule has 0 atom stereocenters. The van der Waals surface area contributed by atoms with E-state index in [2.05, 4.69) is 10.6 Å². The molecule has 0 heterocycles. The molecule has 0 saturated carbocycles. The number of hydrogen-bond acceptors (Lipinski definition) is 4. The highest BCUT2D eigenvalue weighted by Crippen LogP contribution is 2.17. The molecule has 138 valence electrons. The Kier molecular flexibility index (Phi) is 7.99. The van der Waals surface area contributed by atoms with Gasteiger partial charge in [-0.1, -0.05) is 25.1 Å². The molecule has 2 N–H and O–H groups in total. The number of amides is 2. The molecule has 0 radical (unpaired) electrons. The van der Waals surface area contributed by atoms with E-state index >= 15 is 0 Å². The fourth-order valence-corrected chi connectivity index (χ4v) is 2.12. The lowest BCUT2D eigenvalue weighted by molar-refractivity contribution is -0.123. The van der Waals surface area contributed by atoms with Crippen LogP contribution < -0.4 is 20.1 Å². The van der Waals surface area contributed by atoms with Crippen molar-refractivity contribution in [3.63, 3.8) is 0 Å². The third-order valence-corrected chi connectivity index (χ3v) is 3.44. The van der Waals surface area contributed by atoms with Crippen molar-refractivity contribution >= 4 is 11.8 Å². The van der Waals surface area contributed by atoms with Crippen LogP contribution in [0.3, 0.4) is 0 Å². The van der Waals surface area contributed by atoms with Crippen LogP contribution in [-0.2, 0) is 4.79 Å². The summed E-state index contributed by atoms with van der Waals surface area (Å²) in [4.78, 5) is 23.6. The Hall–Kier alpha value is -3.02. The zero-order chi connectivity index (χ0) is 18.6. The van der Waals surface area contributed by atoms with Crippen LogP contribution in [0.2, 0.25) is 0 Å². The zero-order valence-corrected chi connectivity index (χ0v) is 14.9. The minimum Gasteiger partial charge on any atom is -0.494 e. The molecule has 2 amide bonds. The monoisotopic (exact) mass is 356 g/mol. The fraction of sp³-hybridized carbons (Fsp3) is 0.300. The van der Waals surface area contributed by atoms with Crippen molar-refractivity contribution in [1.29, 1.82) is 0 Å². The summed E-state index contributed by atoms with van der Waals surface area (Å²) in [6, 6.07) is 16.1. The second-order valence-corrected chi connectivity index (χ2v) is 5.58. The number of hydrogen-bond donors (Lipinski definition) is 2. The maximum Gasteiger partial charge on any atom is 0.258 e. The van der Waals surface area contributed by atoms with Gasteiger partial charge in [0, 0.05) is 18.7 Å². The van der Waals surface area contributed by atoms with Gasteiger partial charge >= 0.3 is 0 Å². The van der Waals surface area contributed by atoms with E-state index in [1.807, 2.05) is 25.1 Å². The van der Waals surface area contributed by atoms with Gasteiger partial charge in [0.2, 0.25) is 0 Å². The lowest BCUT2D eigenvalue weighted by Gasteiger charge is -2.09. The van der Waals surface area contributed by atoms with Gasteiger partial charge in [0.25, 0.3) is 11.8 Å². The van der Waals surface area contributed by atoms with Crippen molar-refractivity contribution < 1.29 is 19.1 Å². The van der Waals surface area contributed by atoms with Crippen LogP contribution in [0.1, 0.15) is 23.7 Å². The van der Waals surface area contributed by atoms with Gasteiger partial charge in [-0.3, -0.25) is 9.59 Å². The first-order chi connectivity index (χ1) is 12.7. The van der Waals surface area contributed by atoms with E-state index < -0.39 is 0 Å². The van der Waals surface area contributed by atoms with Gasteiger partial charge in [0.1, 0.15) is 11.5 Å². The Morgan fingerprint density at radius 3 is 2.12 bits per heavy atom. The molecule has 0 aromatic heterocycles. The first-order valence-corrected chi connectivity index (χ1v) is 8.64. The highest BCUT2D eigenvalue weighted by atomic mass is 16.5. The Morgan fingerprint density at radius 1 is 0.846 bits per heavy atom. The van der Waals surface area contributed by atoms with Crippen LogP contribution in [0, 0.1) is 0 Å². The molecule has 26 heavy (non-hydrogen) atoms. The average Bonchev–Trinajstić information content (AvgIpc) is 2.69. The van der Waals surface area contributed by atoms with Crippen molar-refractivity contribution in [2.75, 3.05) is 26.3 Å². The fourth-order valence-electron chi connectivity index (χ4n) is 2.12. The van der Waals surface area contributed by atoms with Gasteiger partial charge in [0.15, 0.2) is 6.61 Å². The zero-order valence-electron chi connectivity index (χ0n) is 14.9. The topological polar surface area (TPSA) is 76.7 Å². The minimum absolute atomic E-state index is 0.0816. The Morgan fingerprint density at radius 2 is 1.46 bits per heavy atom. The molecule has 6 nitrogen and oxygen atoms in total. The molecular formula is C20H24N2O4. The normalized spacial score (nSPS) is 10.0. The molecule has 0 bridgehead atoms. The van der Waals surface area contributed by atoms with Gasteiger partial charge in [-0.15, -0.1) is 0 Å². The second-order valence-electron chi connectivity index (χ2n) is 5.58. The molecule has 0 unspecified atom stereocenters. The van der Waals surface area contributed by atoms with Crippen molar-refractivity contribution in [2.24, 2.45) is 0 Å². The number of nitrogens with one attached hydrogen (secondary N) is 2. The van der Waals surface area contributed by atoms with Gasteiger partial charge in [-0.25, -0.2) is 0 Å². The Labute approximate surface area is 153 Å². The Balaban J connectivity index is 1.61. The molecule has 2 rings (SSSR count). The number of rotatable bonds is 10. The maximum atomic E-state index is 11.8. The standard InChI is InChI=1S/C20H24N2O4/c1-2-14-25-17-8-10-18(11-9-17)26-15-19(23)21-12-13-22-20(24)16-6-4-3-5-7-16/h3-11H,2,12-15H2,1H3,(H,21,23)(H,22,24). The van der Waals surface area contributed by atoms with Crippen molar-refractivity contribution in [2.45, 2.75) is 13.3 Å². The Bertz CT molecular complexity index is 687. The molecule has 0 spiro atoms. The predicted octanol–water partition coefficient (Wildman–Crippen LogP) is 2.40. The number of carbonyl (C=O) groups is 2. The van der Waals surface area contributed by atoms with E-state index in [1.165, 1.54) is 0 Å². The van der Waals surface area contributed by atoms with Gasteiger partial charge in [0.05, 0.1) is 6.61 Å². The molecule has 0 aliphatic carbocycles. The van der Waals surface area contributed by atoms with Crippen molar-refractivity contribution in [1.82, 2.24) is 10.6 Å². The van der Waals surface area contributed by atoms with Crippen LogP contribution in [0.15, 0.2) is 54.6 Å². The van der Waals surface area contributed by atoms with E-state index in [4.69, 9.17) is 9.47 Å². The summed E-state index contributed by atoms with van der Waals surface area (Å²) in [5, 5.41) is 5.44. The summed E-state index contributed by atoms with van der Waals surface area (Å²) in [5.41, 5.74) is 0.591. The number of ether oxygens (including phenoxy) is 2. The van der Waals surface area contributed by atoms with Crippen LogP contribution in [-0.4, -0.2) is 38.1 Å². The molecular weight excluding hydrogens is 332 g/mol. The molecule has 6 heteroatoms. The van der Waals surface area contributed by atoms with Crippen LogP contribution in [0.4, 0.5) is 0 Å². The predicted molar refractivity (Wildman–Crippen MR) is 99.5 cm³/mol. The minimum atomic E-state index is -0.245. The molecule has 0 saturated heterocycles. The van der Waals surface area contributed by atoms with Crippen molar-refractivity contribution in [3.8, 4) is 11.5 Å². The summed E-state index contributed by atoms with van der Waals surface area (Å²) < 4.78 is 10.9. The number of carbonyl (C=O) groups excluding carboxylic acids is 2. The van der Waals surface area contributed by atoms with Gasteiger partial charge in [-0.2, -0.15) is 0 Å². The maximum absolute atomic E-state index is 11.8. The molecule has 0 aliphatic rings. The van der Waals surface area contributed by atoms with Crippen LogP contribution in [0.25, 0.3) is 0 Å². The van der Waals surface area contributed by atoms with Gasteiger partial charge in [-0.05, 0) is 42.8 Å². The highest BCUT2D eigenvalue weighted by Gasteiger charge is 2.05. The van der Waals surface area contributed by atoms with Crippen LogP contribution >= 0.6 is 0 Å². The third kappa shape index (κ3) is 6.84. The average molecular weight is 356 g/mol. The first kappa shape index (κ1) is 19.3. The van der Waals surface area contributed by atoms with E-state index in [0.29, 0.717) is 31.0 Å². The SMILES string of the molecule is CCCOc1ccc(OCC(=O)NCCNC(=O)c2ccccc2)cc1. The largest absolute Gasteiger partial charge is 0.494 e.